The summed E-state index contributed by atoms with van der Waals surface area (Å²) in [6.07, 6.45) is -0.293. The summed E-state index contributed by atoms with van der Waals surface area (Å²) in [5, 5.41) is 12.0. The highest BCUT2D eigenvalue weighted by Crippen LogP contribution is 2.31. The molecule has 4 aromatic rings. The van der Waals surface area contributed by atoms with Gasteiger partial charge in [-0.1, -0.05) is 22.5 Å². The van der Waals surface area contributed by atoms with E-state index in [1.807, 2.05) is 0 Å². The fourth-order valence-corrected chi connectivity index (χ4v) is 3.13. The molecule has 0 saturated heterocycles. The van der Waals surface area contributed by atoms with E-state index in [0.717, 1.165) is 17.7 Å². The lowest BCUT2D eigenvalue weighted by atomic mass is 10.1. The monoisotopic (exact) mass is 399 g/mol. The quantitative estimate of drug-likeness (QED) is 0.523. The average Bonchev–Trinajstić information content (AvgIpc) is 3.37. The Morgan fingerprint density at radius 1 is 1.00 bits per heavy atom. The number of benzene rings is 2. The van der Waals surface area contributed by atoms with Crippen molar-refractivity contribution in [1.82, 2.24) is 25.1 Å². The molecule has 1 atom stereocenters. The van der Waals surface area contributed by atoms with Gasteiger partial charge in [0, 0.05) is 5.56 Å². The van der Waals surface area contributed by atoms with Gasteiger partial charge in [-0.2, -0.15) is 4.98 Å². The van der Waals surface area contributed by atoms with Gasteiger partial charge in [-0.05, 0) is 35.9 Å². The van der Waals surface area contributed by atoms with Crippen LogP contribution in [0.15, 0.2) is 47.0 Å². The molecule has 2 aromatic carbocycles. The summed E-state index contributed by atoms with van der Waals surface area (Å²) in [4.78, 5) is 4.21. The molecular weight excluding hydrogens is 387 g/mol. The zero-order valence-corrected chi connectivity index (χ0v) is 14.7. The van der Waals surface area contributed by atoms with Crippen LogP contribution in [0, 0.1) is 17.5 Å². The largest absolute Gasteiger partial charge is 0.365 e. The van der Waals surface area contributed by atoms with Crippen LogP contribution in [-0.2, 0) is 17.9 Å². The van der Waals surface area contributed by atoms with Gasteiger partial charge >= 0.3 is 0 Å². The van der Waals surface area contributed by atoms with E-state index in [9.17, 15) is 13.2 Å². The highest BCUT2D eigenvalue weighted by Gasteiger charge is 2.28. The minimum Gasteiger partial charge on any atom is -0.365 e. The smallest absolute Gasteiger partial charge is 0.280 e. The predicted molar refractivity (Wildman–Crippen MR) is 92.6 cm³/mol. The topological polar surface area (TPSA) is 78.9 Å². The van der Waals surface area contributed by atoms with E-state index in [-0.39, 0.29) is 35.8 Å². The van der Waals surface area contributed by atoms with Gasteiger partial charge in [0.1, 0.15) is 11.9 Å². The van der Waals surface area contributed by atoms with Crippen LogP contribution in [0.3, 0.4) is 0 Å². The van der Waals surface area contributed by atoms with Crippen LogP contribution in [0.2, 0.25) is 0 Å². The van der Waals surface area contributed by atoms with Crippen molar-refractivity contribution in [2.24, 2.45) is 0 Å². The number of halogens is 3. The molecule has 0 N–H and O–H groups in total. The summed E-state index contributed by atoms with van der Waals surface area (Å²) >= 11 is 0. The van der Waals surface area contributed by atoms with E-state index in [0.29, 0.717) is 17.9 Å². The second-order valence-corrected chi connectivity index (χ2v) is 6.47. The summed E-state index contributed by atoms with van der Waals surface area (Å²) < 4.78 is 52.4. The van der Waals surface area contributed by atoms with Crippen LogP contribution in [0.5, 0.6) is 0 Å². The number of aromatic nitrogens is 5. The summed E-state index contributed by atoms with van der Waals surface area (Å²) in [6, 6.07) is 9.40. The van der Waals surface area contributed by atoms with E-state index >= 15 is 0 Å². The second-order valence-electron chi connectivity index (χ2n) is 6.47. The van der Waals surface area contributed by atoms with Gasteiger partial charge in [0.15, 0.2) is 17.3 Å². The Bertz CT molecular complexity index is 1190. The molecule has 1 aliphatic rings. The van der Waals surface area contributed by atoms with Crippen molar-refractivity contribution in [1.29, 1.82) is 0 Å². The Morgan fingerprint density at radius 2 is 1.83 bits per heavy atom. The lowest BCUT2D eigenvalue weighted by Crippen LogP contribution is -2.22. The Labute approximate surface area is 161 Å². The predicted octanol–water partition coefficient (Wildman–Crippen LogP) is 3.68. The van der Waals surface area contributed by atoms with Gasteiger partial charge < -0.3 is 9.26 Å². The highest BCUT2D eigenvalue weighted by molar-refractivity contribution is 5.58. The Balaban J connectivity index is 1.41. The summed E-state index contributed by atoms with van der Waals surface area (Å²) in [7, 11) is 0. The third kappa shape index (κ3) is 3.17. The number of hydrogen-bond acceptors (Lipinski definition) is 6. The molecule has 0 fully saturated rings. The van der Waals surface area contributed by atoms with Gasteiger partial charge in [-0.3, -0.25) is 0 Å². The lowest BCUT2D eigenvalue weighted by molar-refractivity contribution is -0.00120. The zero-order chi connectivity index (χ0) is 20.0. The highest BCUT2D eigenvalue weighted by atomic mass is 19.2. The Morgan fingerprint density at radius 3 is 2.62 bits per heavy atom. The molecule has 1 aliphatic heterocycles. The van der Waals surface area contributed by atoms with Crippen LogP contribution < -0.4 is 0 Å². The minimum absolute atomic E-state index is 0.0924. The third-order valence-corrected chi connectivity index (χ3v) is 4.65. The van der Waals surface area contributed by atoms with E-state index < -0.39 is 11.6 Å². The first-order valence-electron chi connectivity index (χ1n) is 8.67. The number of rotatable bonds is 3. The van der Waals surface area contributed by atoms with Crippen molar-refractivity contribution >= 4 is 0 Å². The standard InChI is InChI=1S/C19H12F3N5O2/c20-12-4-1-10(2-5-12)16-8-27-15(9-28-16)17(24-26-27)19-23-18(25-29-19)11-3-6-13(21)14(22)7-11/h1-7,16H,8-9H2/t16-/m1/s1. The first-order chi connectivity index (χ1) is 14.1. The van der Waals surface area contributed by atoms with Crippen LogP contribution in [0.4, 0.5) is 13.2 Å². The fourth-order valence-electron chi connectivity index (χ4n) is 3.13. The SMILES string of the molecule is Fc1ccc([C@H]2Cn3nnc(-c4nc(-c5ccc(F)c(F)c5)no4)c3CO2)cc1. The molecule has 0 bridgehead atoms. The molecule has 10 heteroatoms. The van der Waals surface area contributed by atoms with Crippen LogP contribution in [0.1, 0.15) is 17.4 Å². The van der Waals surface area contributed by atoms with Crippen molar-refractivity contribution in [2.45, 2.75) is 19.3 Å². The summed E-state index contributed by atoms with van der Waals surface area (Å²) in [5.41, 5.74) is 2.09. The van der Waals surface area contributed by atoms with E-state index in [2.05, 4.69) is 20.5 Å². The molecule has 2 aromatic heterocycles. The molecule has 0 radical (unpaired) electrons. The van der Waals surface area contributed by atoms with Crippen molar-refractivity contribution < 1.29 is 22.4 Å². The molecule has 5 rings (SSSR count). The van der Waals surface area contributed by atoms with Gasteiger partial charge in [0.2, 0.25) is 5.82 Å². The van der Waals surface area contributed by atoms with Gasteiger partial charge in [0.25, 0.3) is 5.89 Å². The van der Waals surface area contributed by atoms with Gasteiger partial charge in [0.05, 0.1) is 18.8 Å². The summed E-state index contributed by atoms with van der Waals surface area (Å²) in [6.45, 7) is 0.575. The molecule has 29 heavy (non-hydrogen) atoms. The van der Waals surface area contributed by atoms with Crippen LogP contribution >= 0.6 is 0 Å². The molecule has 0 spiro atoms. The maximum atomic E-state index is 13.4. The van der Waals surface area contributed by atoms with Crippen molar-refractivity contribution in [3.63, 3.8) is 0 Å². The zero-order valence-electron chi connectivity index (χ0n) is 14.7. The van der Waals surface area contributed by atoms with Crippen LogP contribution in [-0.4, -0.2) is 25.1 Å². The van der Waals surface area contributed by atoms with Crippen LogP contribution in [0.25, 0.3) is 23.0 Å². The number of fused-ring (bicyclic) bond motifs is 1. The van der Waals surface area contributed by atoms with E-state index in [4.69, 9.17) is 9.26 Å². The molecule has 0 unspecified atom stereocenters. The number of hydrogen-bond donors (Lipinski definition) is 0. The first-order valence-corrected chi connectivity index (χ1v) is 8.67. The van der Waals surface area contributed by atoms with Crippen molar-refractivity contribution in [2.75, 3.05) is 0 Å². The molecule has 7 nitrogen and oxygen atoms in total. The Hall–Kier alpha value is -3.53. The lowest BCUT2D eigenvalue weighted by Gasteiger charge is -2.24. The molecule has 0 amide bonds. The third-order valence-electron chi connectivity index (χ3n) is 4.65. The molecule has 146 valence electrons. The molecule has 0 saturated carbocycles. The Kier molecular flexibility index (Phi) is 4.13. The normalized spacial score (nSPS) is 16.0. The maximum absolute atomic E-state index is 13.4. The summed E-state index contributed by atoms with van der Waals surface area (Å²) in [5.74, 6) is -2.09. The number of nitrogens with zero attached hydrogens (tertiary/aromatic N) is 5. The fraction of sp³-hybridized carbons (Fsp3) is 0.158. The van der Waals surface area contributed by atoms with E-state index in [1.54, 1.807) is 16.8 Å². The second kappa shape index (κ2) is 6.82. The minimum atomic E-state index is -1.00. The average molecular weight is 399 g/mol. The van der Waals surface area contributed by atoms with Crippen molar-refractivity contribution in [3.05, 3.63) is 71.2 Å². The van der Waals surface area contributed by atoms with Crippen molar-refractivity contribution in [3.8, 4) is 23.0 Å². The maximum Gasteiger partial charge on any atom is 0.280 e. The molecular formula is C19H12F3N5O2. The first kappa shape index (κ1) is 17.6. The van der Waals surface area contributed by atoms with Gasteiger partial charge in [-0.15, -0.1) is 5.10 Å². The molecule has 0 aliphatic carbocycles. The molecule has 3 heterocycles. The van der Waals surface area contributed by atoms with Gasteiger partial charge in [-0.25, -0.2) is 17.9 Å². The van der Waals surface area contributed by atoms with E-state index in [1.165, 1.54) is 18.2 Å². The number of ether oxygens (including phenoxy) is 1.